The average Bonchev–Trinajstić information content (AvgIpc) is 2.61. The summed E-state index contributed by atoms with van der Waals surface area (Å²) in [7, 11) is 0. The molecule has 0 N–H and O–H groups in total. The maximum absolute atomic E-state index is 13.0. The Morgan fingerprint density at radius 3 is 2.22 bits per heavy atom. The molecule has 1 saturated heterocycles. The number of piperazine rings is 1. The van der Waals surface area contributed by atoms with E-state index in [1.807, 2.05) is 12.1 Å². The van der Waals surface area contributed by atoms with Crippen molar-refractivity contribution in [2.24, 2.45) is 0 Å². The van der Waals surface area contributed by atoms with Gasteiger partial charge in [-0.05, 0) is 49.6 Å². The van der Waals surface area contributed by atoms with Crippen molar-refractivity contribution < 1.29 is 4.39 Å². The standard InChI is InChI=1S/C20H25FN2/c1-17(7-8-18-5-3-2-4-6-18)22-13-15-23(16-14-22)20-11-9-19(21)10-12-20/h2-6,9-12,17H,7-8,13-16H2,1H3. The van der Waals surface area contributed by atoms with Gasteiger partial charge in [0.05, 0.1) is 0 Å². The molecular formula is C20H25FN2. The van der Waals surface area contributed by atoms with Crippen LogP contribution >= 0.6 is 0 Å². The predicted molar refractivity (Wildman–Crippen MR) is 94.4 cm³/mol. The number of halogens is 1. The minimum Gasteiger partial charge on any atom is -0.369 e. The molecular weight excluding hydrogens is 287 g/mol. The van der Waals surface area contributed by atoms with Crippen LogP contribution in [0.1, 0.15) is 18.9 Å². The molecule has 1 aliphatic rings. The molecule has 2 aromatic carbocycles. The molecule has 1 heterocycles. The van der Waals surface area contributed by atoms with Gasteiger partial charge in [-0.1, -0.05) is 30.3 Å². The van der Waals surface area contributed by atoms with Crippen LogP contribution < -0.4 is 4.90 Å². The van der Waals surface area contributed by atoms with E-state index in [0.717, 1.165) is 38.3 Å². The average molecular weight is 312 g/mol. The Kier molecular flexibility index (Phi) is 5.29. The molecule has 1 aliphatic heterocycles. The zero-order valence-electron chi connectivity index (χ0n) is 13.8. The first-order valence-corrected chi connectivity index (χ1v) is 8.51. The number of hydrogen-bond acceptors (Lipinski definition) is 2. The fraction of sp³-hybridized carbons (Fsp3) is 0.400. The highest BCUT2D eigenvalue weighted by molar-refractivity contribution is 5.46. The van der Waals surface area contributed by atoms with Gasteiger partial charge in [-0.25, -0.2) is 4.39 Å². The van der Waals surface area contributed by atoms with E-state index in [4.69, 9.17) is 0 Å². The van der Waals surface area contributed by atoms with Crippen molar-refractivity contribution >= 4 is 5.69 Å². The molecule has 0 amide bonds. The lowest BCUT2D eigenvalue weighted by molar-refractivity contribution is 0.189. The summed E-state index contributed by atoms with van der Waals surface area (Å²) in [6, 6.07) is 18.2. The molecule has 1 fully saturated rings. The predicted octanol–water partition coefficient (Wildman–Crippen LogP) is 3.97. The van der Waals surface area contributed by atoms with Crippen LogP contribution in [-0.4, -0.2) is 37.1 Å². The van der Waals surface area contributed by atoms with Crippen molar-refractivity contribution in [2.75, 3.05) is 31.1 Å². The second kappa shape index (κ2) is 7.60. The summed E-state index contributed by atoms with van der Waals surface area (Å²) in [5, 5.41) is 0. The Bertz CT molecular complexity index is 589. The minimum absolute atomic E-state index is 0.165. The quantitative estimate of drug-likeness (QED) is 0.824. The van der Waals surface area contributed by atoms with Crippen molar-refractivity contribution in [1.82, 2.24) is 4.90 Å². The lowest BCUT2D eigenvalue weighted by Gasteiger charge is -2.39. The Morgan fingerprint density at radius 1 is 0.913 bits per heavy atom. The second-order valence-corrected chi connectivity index (χ2v) is 6.37. The smallest absolute Gasteiger partial charge is 0.123 e. The molecule has 2 nitrogen and oxygen atoms in total. The maximum atomic E-state index is 13.0. The van der Waals surface area contributed by atoms with Crippen LogP contribution in [-0.2, 0) is 6.42 Å². The third kappa shape index (κ3) is 4.32. The zero-order valence-corrected chi connectivity index (χ0v) is 13.8. The fourth-order valence-corrected chi connectivity index (χ4v) is 3.28. The van der Waals surface area contributed by atoms with Crippen LogP contribution in [0.3, 0.4) is 0 Å². The van der Waals surface area contributed by atoms with Gasteiger partial charge in [0, 0.05) is 37.9 Å². The number of hydrogen-bond donors (Lipinski definition) is 0. The van der Waals surface area contributed by atoms with Crippen molar-refractivity contribution in [3.8, 4) is 0 Å². The first-order chi connectivity index (χ1) is 11.2. The van der Waals surface area contributed by atoms with E-state index in [1.54, 1.807) is 12.1 Å². The highest BCUT2D eigenvalue weighted by Crippen LogP contribution is 2.19. The van der Waals surface area contributed by atoms with E-state index < -0.39 is 0 Å². The summed E-state index contributed by atoms with van der Waals surface area (Å²) in [6.45, 7) is 6.51. The van der Waals surface area contributed by atoms with Gasteiger partial charge in [0.1, 0.15) is 5.82 Å². The van der Waals surface area contributed by atoms with Gasteiger partial charge in [0.25, 0.3) is 0 Å². The Labute approximate surface area is 138 Å². The lowest BCUT2D eigenvalue weighted by atomic mass is 10.0. The zero-order chi connectivity index (χ0) is 16.1. The molecule has 0 saturated carbocycles. The first kappa shape index (κ1) is 16.0. The number of aryl methyl sites for hydroxylation is 1. The highest BCUT2D eigenvalue weighted by atomic mass is 19.1. The molecule has 0 aromatic heterocycles. The topological polar surface area (TPSA) is 6.48 Å². The first-order valence-electron chi connectivity index (χ1n) is 8.51. The molecule has 0 radical (unpaired) electrons. The van der Waals surface area contributed by atoms with E-state index in [-0.39, 0.29) is 5.82 Å². The van der Waals surface area contributed by atoms with Gasteiger partial charge in [-0.3, -0.25) is 4.90 Å². The van der Waals surface area contributed by atoms with Crippen LogP contribution in [0.5, 0.6) is 0 Å². The second-order valence-electron chi connectivity index (χ2n) is 6.37. The van der Waals surface area contributed by atoms with Crippen LogP contribution in [0.2, 0.25) is 0 Å². The number of anilines is 1. The molecule has 0 spiro atoms. The Hall–Kier alpha value is -1.87. The van der Waals surface area contributed by atoms with E-state index in [9.17, 15) is 4.39 Å². The van der Waals surface area contributed by atoms with Crippen molar-refractivity contribution in [3.05, 3.63) is 66.0 Å². The SMILES string of the molecule is CC(CCc1ccccc1)N1CCN(c2ccc(F)cc2)CC1. The van der Waals surface area contributed by atoms with Gasteiger partial charge in [-0.15, -0.1) is 0 Å². The fourth-order valence-electron chi connectivity index (χ4n) is 3.28. The van der Waals surface area contributed by atoms with Gasteiger partial charge in [0.2, 0.25) is 0 Å². The van der Waals surface area contributed by atoms with Crippen LogP contribution in [0, 0.1) is 5.82 Å². The maximum Gasteiger partial charge on any atom is 0.123 e. The Morgan fingerprint density at radius 2 is 1.57 bits per heavy atom. The summed E-state index contributed by atoms with van der Waals surface area (Å²) >= 11 is 0. The van der Waals surface area contributed by atoms with Crippen LogP contribution in [0.4, 0.5) is 10.1 Å². The van der Waals surface area contributed by atoms with E-state index in [1.165, 1.54) is 12.0 Å². The summed E-state index contributed by atoms with van der Waals surface area (Å²) in [4.78, 5) is 4.92. The monoisotopic (exact) mass is 312 g/mol. The molecule has 3 rings (SSSR count). The molecule has 1 unspecified atom stereocenters. The number of rotatable bonds is 5. The number of benzene rings is 2. The van der Waals surface area contributed by atoms with Crippen LogP contribution in [0.15, 0.2) is 54.6 Å². The molecule has 1 atom stereocenters. The highest BCUT2D eigenvalue weighted by Gasteiger charge is 2.21. The van der Waals surface area contributed by atoms with E-state index >= 15 is 0 Å². The lowest BCUT2D eigenvalue weighted by Crippen LogP contribution is -2.49. The summed E-state index contributed by atoms with van der Waals surface area (Å²) in [6.07, 6.45) is 2.33. The summed E-state index contributed by atoms with van der Waals surface area (Å²) < 4.78 is 13.0. The van der Waals surface area contributed by atoms with Crippen molar-refractivity contribution in [1.29, 1.82) is 0 Å². The molecule has 23 heavy (non-hydrogen) atoms. The molecule has 0 aliphatic carbocycles. The van der Waals surface area contributed by atoms with E-state index in [2.05, 4.69) is 47.1 Å². The minimum atomic E-state index is -0.165. The Balaban J connectivity index is 1.47. The van der Waals surface area contributed by atoms with Gasteiger partial charge in [0.15, 0.2) is 0 Å². The van der Waals surface area contributed by atoms with Gasteiger partial charge in [-0.2, -0.15) is 0 Å². The van der Waals surface area contributed by atoms with Crippen LogP contribution in [0.25, 0.3) is 0 Å². The molecule has 2 aromatic rings. The van der Waals surface area contributed by atoms with Gasteiger partial charge >= 0.3 is 0 Å². The van der Waals surface area contributed by atoms with E-state index in [0.29, 0.717) is 6.04 Å². The normalized spacial score (nSPS) is 17.2. The van der Waals surface area contributed by atoms with Crippen molar-refractivity contribution in [2.45, 2.75) is 25.8 Å². The largest absolute Gasteiger partial charge is 0.369 e. The molecule has 3 heteroatoms. The van der Waals surface area contributed by atoms with Gasteiger partial charge < -0.3 is 4.90 Å². The third-order valence-corrected chi connectivity index (χ3v) is 4.82. The summed E-state index contributed by atoms with van der Waals surface area (Å²) in [5.74, 6) is -0.165. The molecule has 122 valence electrons. The van der Waals surface area contributed by atoms with Crippen molar-refractivity contribution in [3.63, 3.8) is 0 Å². The summed E-state index contributed by atoms with van der Waals surface area (Å²) in [5.41, 5.74) is 2.55. The third-order valence-electron chi connectivity index (χ3n) is 4.82. The number of nitrogens with zero attached hydrogens (tertiary/aromatic N) is 2. The molecule has 0 bridgehead atoms.